The molecule has 8 heteroatoms. The van der Waals surface area contributed by atoms with Gasteiger partial charge in [0.2, 0.25) is 0 Å². The summed E-state index contributed by atoms with van der Waals surface area (Å²) in [6.45, 7) is 3.51. The molecule has 1 heterocycles. The standard InChI is InChI=1S/C18H16ClFN2O4/c1-10(2)17-18(23)21(9-12-13(19)4-3-5-14(12)20)15-7-6-11(22(24)25)8-16(15)26-17/h3-8,10,17H,9H2,1-2H3. The number of carbonyl (C=O) groups excluding carboxylic acids is 1. The Hall–Kier alpha value is -2.67. The van der Waals surface area contributed by atoms with Crippen LogP contribution in [0.25, 0.3) is 0 Å². The highest BCUT2D eigenvalue weighted by atomic mass is 35.5. The maximum Gasteiger partial charge on any atom is 0.273 e. The summed E-state index contributed by atoms with van der Waals surface area (Å²) in [4.78, 5) is 24.7. The van der Waals surface area contributed by atoms with Gasteiger partial charge in [0, 0.05) is 16.7 Å². The topological polar surface area (TPSA) is 72.7 Å². The number of rotatable bonds is 4. The third-order valence-electron chi connectivity index (χ3n) is 4.19. The fraction of sp³-hybridized carbons (Fsp3) is 0.278. The normalized spacial score (nSPS) is 16.4. The fourth-order valence-corrected chi connectivity index (χ4v) is 3.04. The lowest BCUT2D eigenvalue weighted by Gasteiger charge is -2.36. The molecule has 1 atom stereocenters. The quantitative estimate of drug-likeness (QED) is 0.586. The van der Waals surface area contributed by atoms with Gasteiger partial charge in [-0.3, -0.25) is 14.9 Å². The highest BCUT2D eigenvalue weighted by Gasteiger charge is 2.37. The Morgan fingerprint density at radius 2 is 2.08 bits per heavy atom. The van der Waals surface area contributed by atoms with Gasteiger partial charge >= 0.3 is 0 Å². The first-order valence-corrected chi connectivity index (χ1v) is 8.36. The van der Waals surface area contributed by atoms with E-state index in [9.17, 15) is 19.3 Å². The van der Waals surface area contributed by atoms with Gasteiger partial charge in [0.05, 0.1) is 23.2 Å². The molecule has 1 amide bonds. The molecule has 2 aromatic carbocycles. The Labute approximate surface area is 154 Å². The lowest BCUT2D eigenvalue weighted by Crippen LogP contribution is -2.48. The van der Waals surface area contributed by atoms with Gasteiger partial charge in [0.1, 0.15) is 5.82 Å². The maximum absolute atomic E-state index is 14.2. The fourth-order valence-electron chi connectivity index (χ4n) is 2.82. The lowest BCUT2D eigenvalue weighted by molar-refractivity contribution is -0.384. The summed E-state index contributed by atoms with van der Waals surface area (Å²) < 4.78 is 19.9. The Kier molecular flexibility index (Phi) is 4.82. The maximum atomic E-state index is 14.2. The van der Waals surface area contributed by atoms with Crippen LogP contribution in [-0.2, 0) is 11.3 Å². The smallest absolute Gasteiger partial charge is 0.273 e. The number of non-ortho nitro benzene ring substituents is 1. The highest BCUT2D eigenvalue weighted by Crippen LogP contribution is 2.39. The summed E-state index contributed by atoms with van der Waals surface area (Å²) in [5.41, 5.74) is 0.373. The molecular formula is C18H16ClFN2O4. The molecule has 2 aromatic rings. The van der Waals surface area contributed by atoms with Gasteiger partial charge in [-0.05, 0) is 24.1 Å². The van der Waals surface area contributed by atoms with E-state index in [2.05, 4.69) is 0 Å². The Morgan fingerprint density at radius 1 is 1.35 bits per heavy atom. The summed E-state index contributed by atoms with van der Waals surface area (Å²) >= 11 is 6.09. The summed E-state index contributed by atoms with van der Waals surface area (Å²) in [7, 11) is 0. The van der Waals surface area contributed by atoms with Crippen LogP contribution in [0, 0.1) is 21.8 Å². The largest absolute Gasteiger partial charge is 0.478 e. The van der Waals surface area contributed by atoms with E-state index in [1.54, 1.807) is 19.9 Å². The molecular weight excluding hydrogens is 363 g/mol. The second-order valence-corrected chi connectivity index (χ2v) is 6.72. The van der Waals surface area contributed by atoms with Crippen molar-refractivity contribution < 1.29 is 18.8 Å². The number of nitrogens with zero attached hydrogens (tertiary/aromatic N) is 2. The second-order valence-electron chi connectivity index (χ2n) is 6.32. The van der Waals surface area contributed by atoms with E-state index in [0.717, 1.165) is 0 Å². The van der Waals surface area contributed by atoms with Gasteiger partial charge in [-0.15, -0.1) is 0 Å². The molecule has 1 unspecified atom stereocenters. The number of anilines is 1. The van der Waals surface area contributed by atoms with Crippen LogP contribution >= 0.6 is 11.6 Å². The molecule has 0 aliphatic carbocycles. The number of benzene rings is 2. The van der Waals surface area contributed by atoms with Crippen molar-refractivity contribution in [3.63, 3.8) is 0 Å². The Balaban J connectivity index is 2.08. The summed E-state index contributed by atoms with van der Waals surface area (Å²) in [6, 6.07) is 8.27. The van der Waals surface area contributed by atoms with Crippen LogP contribution in [0.5, 0.6) is 5.75 Å². The van der Waals surface area contributed by atoms with Gasteiger partial charge in [-0.25, -0.2) is 4.39 Å². The minimum atomic E-state index is -0.824. The van der Waals surface area contributed by atoms with E-state index in [4.69, 9.17) is 16.3 Å². The van der Waals surface area contributed by atoms with Crippen molar-refractivity contribution in [1.29, 1.82) is 0 Å². The van der Waals surface area contributed by atoms with Gasteiger partial charge in [-0.1, -0.05) is 31.5 Å². The third-order valence-corrected chi connectivity index (χ3v) is 4.55. The number of carbonyl (C=O) groups is 1. The number of amides is 1. The molecule has 1 aliphatic heterocycles. The Bertz CT molecular complexity index is 867. The van der Waals surface area contributed by atoms with Crippen molar-refractivity contribution in [2.75, 3.05) is 4.90 Å². The molecule has 6 nitrogen and oxygen atoms in total. The van der Waals surface area contributed by atoms with Gasteiger partial charge in [-0.2, -0.15) is 0 Å². The van der Waals surface area contributed by atoms with Gasteiger partial charge in [0.15, 0.2) is 11.9 Å². The molecule has 26 heavy (non-hydrogen) atoms. The van der Waals surface area contributed by atoms with E-state index < -0.39 is 16.8 Å². The number of ether oxygens (including phenoxy) is 1. The molecule has 0 spiro atoms. The first-order chi connectivity index (χ1) is 12.3. The second kappa shape index (κ2) is 6.92. The minimum absolute atomic E-state index is 0.0955. The number of fused-ring (bicyclic) bond motifs is 1. The SMILES string of the molecule is CC(C)C1Oc2cc([N+](=O)[O-])ccc2N(Cc2c(F)cccc2Cl)C1=O. The molecule has 0 saturated heterocycles. The van der Waals surface area contributed by atoms with Crippen LogP contribution in [0.1, 0.15) is 19.4 Å². The van der Waals surface area contributed by atoms with E-state index in [1.165, 1.54) is 35.2 Å². The molecule has 0 bridgehead atoms. The lowest BCUT2D eigenvalue weighted by atomic mass is 10.0. The molecule has 0 saturated carbocycles. The molecule has 136 valence electrons. The van der Waals surface area contributed by atoms with E-state index >= 15 is 0 Å². The van der Waals surface area contributed by atoms with E-state index in [0.29, 0.717) is 5.69 Å². The van der Waals surface area contributed by atoms with Crippen LogP contribution in [-0.4, -0.2) is 16.9 Å². The monoisotopic (exact) mass is 378 g/mol. The molecule has 1 aliphatic rings. The first-order valence-electron chi connectivity index (χ1n) is 7.99. The van der Waals surface area contributed by atoms with Gasteiger partial charge in [0.25, 0.3) is 11.6 Å². The zero-order valence-electron chi connectivity index (χ0n) is 14.1. The minimum Gasteiger partial charge on any atom is -0.478 e. The van der Waals surface area contributed by atoms with Crippen molar-refractivity contribution in [2.45, 2.75) is 26.5 Å². The van der Waals surface area contributed by atoms with Crippen molar-refractivity contribution in [1.82, 2.24) is 0 Å². The number of nitro groups is 1. The summed E-state index contributed by atoms with van der Waals surface area (Å²) in [6.07, 6.45) is -0.824. The first kappa shape index (κ1) is 18.1. The molecule has 3 rings (SSSR count). The summed E-state index contributed by atoms with van der Waals surface area (Å²) in [5.74, 6) is -0.833. The summed E-state index contributed by atoms with van der Waals surface area (Å²) in [5, 5.41) is 11.2. The Morgan fingerprint density at radius 3 is 2.69 bits per heavy atom. The predicted octanol–water partition coefficient (Wildman–Crippen LogP) is 4.34. The van der Waals surface area contributed by atoms with Crippen molar-refractivity contribution in [2.24, 2.45) is 5.92 Å². The van der Waals surface area contributed by atoms with Crippen molar-refractivity contribution >= 4 is 28.9 Å². The third kappa shape index (κ3) is 3.22. The highest BCUT2D eigenvalue weighted by molar-refractivity contribution is 6.31. The average Bonchev–Trinajstić information content (AvgIpc) is 2.58. The number of nitro benzene ring substituents is 1. The van der Waals surface area contributed by atoms with E-state index in [-0.39, 0.29) is 40.4 Å². The zero-order valence-corrected chi connectivity index (χ0v) is 14.9. The number of hydrogen-bond donors (Lipinski definition) is 0. The van der Waals surface area contributed by atoms with Crippen LogP contribution in [0.3, 0.4) is 0 Å². The van der Waals surface area contributed by atoms with Crippen LogP contribution in [0.2, 0.25) is 5.02 Å². The molecule has 0 fully saturated rings. The number of hydrogen-bond acceptors (Lipinski definition) is 4. The van der Waals surface area contributed by atoms with E-state index in [1.807, 2.05) is 0 Å². The van der Waals surface area contributed by atoms with Crippen LogP contribution < -0.4 is 9.64 Å². The van der Waals surface area contributed by atoms with Crippen molar-refractivity contribution in [3.05, 3.63) is 62.9 Å². The predicted molar refractivity (Wildman–Crippen MR) is 95.0 cm³/mol. The van der Waals surface area contributed by atoms with Gasteiger partial charge < -0.3 is 9.64 Å². The number of halogens is 2. The molecule has 0 radical (unpaired) electrons. The molecule has 0 aromatic heterocycles. The average molecular weight is 379 g/mol. The van der Waals surface area contributed by atoms with Crippen LogP contribution in [0.4, 0.5) is 15.8 Å². The van der Waals surface area contributed by atoms with Crippen molar-refractivity contribution in [3.8, 4) is 5.75 Å². The zero-order chi connectivity index (χ0) is 19.0. The van der Waals surface area contributed by atoms with Crippen LogP contribution in [0.15, 0.2) is 36.4 Å². The molecule has 0 N–H and O–H groups in total.